The Hall–Kier alpha value is -3.04. The van der Waals surface area contributed by atoms with Gasteiger partial charge in [-0.25, -0.2) is 8.42 Å². The second kappa shape index (κ2) is 7.17. The van der Waals surface area contributed by atoms with Gasteiger partial charge in [-0.3, -0.25) is 9.10 Å². The van der Waals surface area contributed by atoms with Crippen LogP contribution in [0.5, 0.6) is 11.5 Å². The SMILES string of the molecule is CN(c1ccccc1)S(=O)(=O)c1ccsc1C(=O)Nc1ccc2c(c1)OCO2. The highest BCUT2D eigenvalue weighted by atomic mass is 32.2. The number of sulfonamides is 1. The third kappa shape index (κ3) is 3.30. The van der Waals surface area contributed by atoms with Crippen LogP contribution in [-0.4, -0.2) is 28.2 Å². The first kappa shape index (κ1) is 18.3. The van der Waals surface area contributed by atoms with Gasteiger partial charge >= 0.3 is 0 Å². The molecule has 0 saturated carbocycles. The summed E-state index contributed by atoms with van der Waals surface area (Å²) >= 11 is 1.07. The number of nitrogens with one attached hydrogen (secondary N) is 1. The maximum absolute atomic E-state index is 13.0. The quantitative estimate of drug-likeness (QED) is 0.688. The number of anilines is 2. The number of thiophene rings is 1. The molecule has 0 spiro atoms. The Morgan fingerprint density at radius 2 is 1.82 bits per heavy atom. The number of amides is 1. The van der Waals surface area contributed by atoms with E-state index in [2.05, 4.69) is 5.32 Å². The summed E-state index contributed by atoms with van der Waals surface area (Å²) in [4.78, 5) is 12.8. The molecule has 1 aliphatic rings. The highest BCUT2D eigenvalue weighted by Crippen LogP contribution is 2.35. The molecule has 0 unspecified atom stereocenters. The number of ether oxygens (including phenoxy) is 2. The third-order valence-electron chi connectivity index (χ3n) is 4.22. The minimum atomic E-state index is -3.89. The van der Waals surface area contributed by atoms with Crippen molar-refractivity contribution >= 4 is 38.6 Å². The van der Waals surface area contributed by atoms with Gasteiger partial charge in [0.05, 0.1) is 5.69 Å². The molecule has 9 heteroatoms. The first-order valence-corrected chi connectivity index (χ1v) is 10.6. The first-order chi connectivity index (χ1) is 13.5. The van der Waals surface area contributed by atoms with Crippen molar-refractivity contribution in [2.24, 2.45) is 0 Å². The number of nitrogens with zero attached hydrogens (tertiary/aromatic N) is 1. The van der Waals surface area contributed by atoms with Crippen LogP contribution in [-0.2, 0) is 10.0 Å². The van der Waals surface area contributed by atoms with E-state index in [0.29, 0.717) is 22.9 Å². The van der Waals surface area contributed by atoms with E-state index in [0.717, 1.165) is 15.6 Å². The molecule has 28 heavy (non-hydrogen) atoms. The largest absolute Gasteiger partial charge is 0.454 e. The van der Waals surface area contributed by atoms with Gasteiger partial charge in [-0.1, -0.05) is 18.2 Å². The molecule has 1 aromatic heterocycles. The number of hydrogen-bond donors (Lipinski definition) is 1. The Kier molecular flexibility index (Phi) is 4.70. The number of rotatable bonds is 5. The molecule has 2 aromatic carbocycles. The number of fused-ring (bicyclic) bond motifs is 1. The summed E-state index contributed by atoms with van der Waals surface area (Å²) in [5.74, 6) is 0.622. The predicted molar refractivity (Wildman–Crippen MR) is 107 cm³/mol. The molecule has 144 valence electrons. The summed E-state index contributed by atoms with van der Waals surface area (Å²) in [6, 6.07) is 15.1. The molecule has 0 radical (unpaired) electrons. The Bertz CT molecular complexity index is 1130. The van der Waals surface area contributed by atoms with Crippen molar-refractivity contribution in [1.82, 2.24) is 0 Å². The van der Waals surface area contributed by atoms with E-state index in [-0.39, 0.29) is 16.6 Å². The number of carbonyl (C=O) groups is 1. The fourth-order valence-corrected chi connectivity index (χ4v) is 5.24. The van der Waals surface area contributed by atoms with E-state index in [9.17, 15) is 13.2 Å². The highest BCUT2D eigenvalue weighted by Gasteiger charge is 2.28. The van der Waals surface area contributed by atoms with Gasteiger partial charge in [0.25, 0.3) is 15.9 Å². The van der Waals surface area contributed by atoms with Crippen molar-refractivity contribution in [2.45, 2.75) is 4.90 Å². The molecule has 3 aromatic rings. The van der Waals surface area contributed by atoms with E-state index < -0.39 is 15.9 Å². The van der Waals surface area contributed by atoms with Crippen molar-refractivity contribution < 1.29 is 22.7 Å². The Balaban J connectivity index is 1.60. The average Bonchev–Trinajstić information content (AvgIpc) is 3.37. The number of para-hydroxylation sites is 1. The molecule has 0 bridgehead atoms. The van der Waals surface area contributed by atoms with Gasteiger partial charge in [0, 0.05) is 18.8 Å². The number of carbonyl (C=O) groups excluding carboxylic acids is 1. The average molecular weight is 416 g/mol. The van der Waals surface area contributed by atoms with Crippen LogP contribution in [0.15, 0.2) is 64.9 Å². The zero-order chi connectivity index (χ0) is 19.7. The summed E-state index contributed by atoms with van der Waals surface area (Å²) in [6.07, 6.45) is 0. The van der Waals surface area contributed by atoms with Gasteiger partial charge < -0.3 is 14.8 Å². The smallest absolute Gasteiger partial charge is 0.267 e. The normalized spacial score (nSPS) is 12.6. The van der Waals surface area contributed by atoms with E-state index in [1.165, 1.54) is 13.1 Å². The lowest BCUT2D eigenvalue weighted by atomic mass is 10.2. The summed E-state index contributed by atoms with van der Waals surface area (Å²) < 4.78 is 37.8. The minimum Gasteiger partial charge on any atom is -0.454 e. The van der Waals surface area contributed by atoms with Gasteiger partial charge in [0.1, 0.15) is 9.77 Å². The summed E-state index contributed by atoms with van der Waals surface area (Å²) in [5, 5.41) is 4.30. The summed E-state index contributed by atoms with van der Waals surface area (Å²) in [5.41, 5.74) is 0.998. The second-order valence-corrected chi connectivity index (χ2v) is 8.80. The van der Waals surface area contributed by atoms with Crippen LogP contribution in [0.1, 0.15) is 9.67 Å². The molecule has 0 saturated heterocycles. The van der Waals surface area contributed by atoms with E-state index in [1.807, 2.05) is 0 Å². The zero-order valence-corrected chi connectivity index (χ0v) is 16.4. The Morgan fingerprint density at radius 3 is 2.61 bits per heavy atom. The summed E-state index contributed by atoms with van der Waals surface area (Å²) in [6.45, 7) is 0.131. The molecule has 0 aliphatic carbocycles. The van der Waals surface area contributed by atoms with Crippen LogP contribution < -0.4 is 19.1 Å². The van der Waals surface area contributed by atoms with Gasteiger partial charge in [0.2, 0.25) is 6.79 Å². The predicted octanol–water partition coefficient (Wildman–Crippen LogP) is 3.55. The van der Waals surface area contributed by atoms with Crippen molar-refractivity contribution in [2.75, 3.05) is 23.5 Å². The molecule has 1 N–H and O–H groups in total. The Labute approximate surface area is 166 Å². The van der Waals surface area contributed by atoms with Crippen molar-refractivity contribution in [3.8, 4) is 11.5 Å². The van der Waals surface area contributed by atoms with Crippen molar-refractivity contribution in [3.63, 3.8) is 0 Å². The zero-order valence-electron chi connectivity index (χ0n) is 14.8. The molecule has 4 rings (SSSR count). The maximum Gasteiger partial charge on any atom is 0.267 e. The van der Waals surface area contributed by atoms with E-state index in [1.54, 1.807) is 53.9 Å². The van der Waals surface area contributed by atoms with Gasteiger partial charge in [-0.05, 0) is 35.7 Å². The van der Waals surface area contributed by atoms with Crippen LogP contribution in [0, 0.1) is 0 Å². The monoisotopic (exact) mass is 416 g/mol. The minimum absolute atomic E-state index is 0.0397. The van der Waals surface area contributed by atoms with E-state index >= 15 is 0 Å². The van der Waals surface area contributed by atoms with Crippen LogP contribution in [0.25, 0.3) is 0 Å². The maximum atomic E-state index is 13.0. The molecule has 1 aliphatic heterocycles. The molecule has 7 nitrogen and oxygen atoms in total. The van der Waals surface area contributed by atoms with E-state index in [4.69, 9.17) is 9.47 Å². The molecule has 0 atom stereocenters. The fraction of sp³-hybridized carbons (Fsp3) is 0.105. The standard InChI is InChI=1S/C19H16N2O5S2/c1-21(14-5-3-2-4-6-14)28(23,24)17-9-10-27-18(17)19(22)20-13-7-8-15-16(11-13)26-12-25-15/h2-11H,12H2,1H3,(H,20,22). The topological polar surface area (TPSA) is 84.9 Å². The van der Waals surface area contributed by atoms with Gasteiger partial charge in [0.15, 0.2) is 11.5 Å². The lowest BCUT2D eigenvalue weighted by Gasteiger charge is -2.19. The molecule has 1 amide bonds. The third-order valence-corrected chi connectivity index (χ3v) is 7.09. The molecule has 0 fully saturated rings. The van der Waals surface area contributed by atoms with Crippen LogP contribution in [0.2, 0.25) is 0 Å². The first-order valence-electron chi connectivity index (χ1n) is 8.29. The second-order valence-electron chi connectivity index (χ2n) is 5.94. The lowest BCUT2D eigenvalue weighted by molar-refractivity contribution is 0.102. The molecule has 2 heterocycles. The van der Waals surface area contributed by atoms with Gasteiger partial charge in [-0.2, -0.15) is 0 Å². The lowest BCUT2D eigenvalue weighted by Crippen LogP contribution is -2.28. The summed E-state index contributed by atoms with van der Waals surface area (Å²) in [7, 11) is -2.43. The fourth-order valence-electron chi connectivity index (χ4n) is 2.75. The van der Waals surface area contributed by atoms with Crippen molar-refractivity contribution in [1.29, 1.82) is 0 Å². The highest BCUT2D eigenvalue weighted by molar-refractivity contribution is 7.93. The Morgan fingerprint density at radius 1 is 1.07 bits per heavy atom. The number of benzene rings is 2. The van der Waals surface area contributed by atoms with Crippen LogP contribution in [0.3, 0.4) is 0 Å². The molecular formula is C19H16N2O5S2. The van der Waals surface area contributed by atoms with Crippen molar-refractivity contribution in [3.05, 3.63) is 64.9 Å². The molecular weight excluding hydrogens is 400 g/mol. The number of hydrogen-bond acceptors (Lipinski definition) is 6. The van der Waals surface area contributed by atoms with Crippen LogP contribution in [0.4, 0.5) is 11.4 Å². The van der Waals surface area contributed by atoms with Gasteiger partial charge in [-0.15, -0.1) is 11.3 Å². The van der Waals surface area contributed by atoms with Crippen LogP contribution >= 0.6 is 11.3 Å².